The maximum absolute atomic E-state index is 12.2. The van der Waals surface area contributed by atoms with Gasteiger partial charge in [-0.05, 0) is 39.7 Å². The van der Waals surface area contributed by atoms with E-state index >= 15 is 0 Å². The Morgan fingerprint density at radius 2 is 1.68 bits per heavy atom. The number of carbonyl (C=O) groups excluding carboxylic acids is 2. The number of Topliss-reactive ketones (excluding diaryl/α,β-unsaturated/α-hetero) is 1. The number of hydrogen-bond acceptors (Lipinski definition) is 3. The van der Waals surface area contributed by atoms with Gasteiger partial charge in [-0.2, -0.15) is 0 Å². The fourth-order valence-corrected chi connectivity index (χ4v) is 1.65. The van der Waals surface area contributed by atoms with Crippen LogP contribution in [0.3, 0.4) is 0 Å². The minimum Gasteiger partial charge on any atom is -0.459 e. The summed E-state index contributed by atoms with van der Waals surface area (Å²) in [5.41, 5.74) is 1.15. The van der Waals surface area contributed by atoms with Gasteiger partial charge in [0.15, 0.2) is 5.78 Å². The average molecular weight is 262 g/mol. The lowest BCUT2D eigenvalue weighted by molar-refractivity contribution is -0.157. The van der Waals surface area contributed by atoms with Gasteiger partial charge in [-0.25, -0.2) is 0 Å². The van der Waals surface area contributed by atoms with E-state index in [1.54, 1.807) is 39.8 Å². The van der Waals surface area contributed by atoms with E-state index in [0.29, 0.717) is 5.56 Å². The molecule has 1 unspecified atom stereocenters. The van der Waals surface area contributed by atoms with Crippen LogP contribution in [0.1, 0.15) is 50.5 Å². The molecule has 0 saturated carbocycles. The van der Waals surface area contributed by atoms with Gasteiger partial charge < -0.3 is 4.74 Å². The van der Waals surface area contributed by atoms with Crippen molar-refractivity contribution < 1.29 is 14.3 Å². The van der Waals surface area contributed by atoms with Gasteiger partial charge in [-0.15, -0.1) is 0 Å². The van der Waals surface area contributed by atoms with Gasteiger partial charge in [-0.1, -0.05) is 31.2 Å². The van der Waals surface area contributed by atoms with Crippen molar-refractivity contribution in [2.75, 3.05) is 0 Å². The first-order valence-electron chi connectivity index (χ1n) is 6.60. The van der Waals surface area contributed by atoms with Crippen LogP contribution in [0.5, 0.6) is 0 Å². The largest absolute Gasteiger partial charge is 0.459 e. The molecule has 0 aromatic heterocycles. The zero-order valence-corrected chi connectivity index (χ0v) is 12.3. The molecule has 0 bridgehead atoms. The molecule has 0 N–H and O–H groups in total. The van der Waals surface area contributed by atoms with Crippen LogP contribution in [0, 0.1) is 5.92 Å². The Hall–Kier alpha value is -1.64. The molecule has 0 amide bonds. The highest BCUT2D eigenvalue weighted by molar-refractivity contribution is 6.08. The van der Waals surface area contributed by atoms with Crippen molar-refractivity contribution in [3.63, 3.8) is 0 Å². The molecule has 1 rings (SSSR count). The van der Waals surface area contributed by atoms with Crippen molar-refractivity contribution in [3.8, 4) is 0 Å². The van der Waals surface area contributed by atoms with E-state index in [-0.39, 0.29) is 5.78 Å². The first kappa shape index (κ1) is 15.4. The second-order valence-electron chi connectivity index (χ2n) is 5.67. The van der Waals surface area contributed by atoms with Gasteiger partial charge >= 0.3 is 5.97 Å². The number of carbonyl (C=O) groups is 2. The van der Waals surface area contributed by atoms with Crippen LogP contribution in [-0.4, -0.2) is 17.4 Å². The molecule has 0 spiro atoms. The van der Waals surface area contributed by atoms with E-state index in [1.807, 2.05) is 12.1 Å². The predicted molar refractivity (Wildman–Crippen MR) is 75.2 cm³/mol. The second-order valence-corrected chi connectivity index (χ2v) is 5.67. The molecule has 19 heavy (non-hydrogen) atoms. The molecule has 3 heteroatoms. The lowest BCUT2D eigenvalue weighted by Crippen LogP contribution is -2.31. The number of aryl methyl sites for hydroxylation is 1. The Morgan fingerprint density at radius 1 is 1.16 bits per heavy atom. The predicted octanol–water partition coefficient (Wildman–Crippen LogP) is 3.41. The fraction of sp³-hybridized carbons (Fsp3) is 0.500. The molecule has 1 atom stereocenters. The van der Waals surface area contributed by atoms with Crippen molar-refractivity contribution in [3.05, 3.63) is 35.4 Å². The smallest absolute Gasteiger partial charge is 0.317 e. The van der Waals surface area contributed by atoms with E-state index < -0.39 is 17.5 Å². The van der Waals surface area contributed by atoms with Crippen molar-refractivity contribution in [1.82, 2.24) is 0 Å². The molecule has 0 aliphatic rings. The summed E-state index contributed by atoms with van der Waals surface area (Å²) in [4.78, 5) is 24.0. The topological polar surface area (TPSA) is 43.4 Å². The number of esters is 1. The molecule has 3 nitrogen and oxygen atoms in total. The van der Waals surface area contributed by atoms with Crippen molar-refractivity contribution in [2.24, 2.45) is 5.92 Å². The van der Waals surface area contributed by atoms with Crippen LogP contribution in [-0.2, 0) is 16.0 Å². The molecule has 0 heterocycles. The maximum atomic E-state index is 12.2. The molecule has 0 radical (unpaired) electrons. The summed E-state index contributed by atoms with van der Waals surface area (Å²) in [6.07, 6.45) is 0.927. The van der Waals surface area contributed by atoms with Gasteiger partial charge in [0.25, 0.3) is 0 Å². The fourth-order valence-electron chi connectivity index (χ4n) is 1.65. The minimum atomic E-state index is -0.772. The second kappa shape index (κ2) is 6.00. The van der Waals surface area contributed by atoms with Gasteiger partial charge in [-0.3, -0.25) is 9.59 Å². The standard InChI is InChI=1S/C16H22O3/c1-6-12-7-9-13(10-8-12)14(17)11(2)15(18)19-16(3,4)5/h7-11H,6H2,1-5H3. The normalized spacial score (nSPS) is 12.9. The highest BCUT2D eigenvalue weighted by Gasteiger charge is 2.27. The van der Waals surface area contributed by atoms with E-state index in [9.17, 15) is 9.59 Å². The Bertz CT molecular complexity index is 452. The Labute approximate surface area is 115 Å². The molecular weight excluding hydrogens is 240 g/mol. The molecule has 1 aromatic rings. The minimum absolute atomic E-state index is 0.197. The number of benzene rings is 1. The first-order valence-corrected chi connectivity index (χ1v) is 6.60. The molecular formula is C16H22O3. The summed E-state index contributed by atoms with van der Waals surface area (Å²) < 4.78 is 5.23. The third-order valence-electron chi connectivity index (χ3n) is 2.80. The SMILES string of the molecule is CCc1ccc(C(=O)C(C)C(=O)OC(C)(C)C)cc1. The highest BCUT2D eigenvalue weighted by atomic mass is 16.6. The quantitative estimate of drug-likeness (QED) is 0.474. The number of ketones is 1. The third-order valence-corrected chi connectivity index (χ3v) is 2.80. The molecule has 104 valence electrons. The van der Waals surface area contributed by atoms with Crippen molar-refractivity contribution in [1.29, 1.82) is 0 Å². The van der Waals surface area contributed by atoms with E-state index in [1.165, 1.54) is 5.56 Å². The Kier molecular flexibility index (Phi) is 4.87. The third kappa shape index (κ3) is 4.51. The average Bonchev–Trinajstić information content (AvgIpc) is 2.35. The van der Waals surface area contributed by atoms with Crippen molar-refractivity contribution >= 4 is 11.8 Å². The van der Waals surface area contributed by atoms with Gasteiger partial charge in [0, 0.05) is 5.56 Å². The zero-order chi connectivity index (χ0) is 14.6. The Balaban J connectivity index is 2.78. The number of rotatable bonds is 4. The Morgan fingerprint density at radius 3 is 2.11 bits per heavy atom. The molecule has 0 fully saturated rings. The van der Waals surface area contributed by atoms with Gasteiger partial charge in [0.1, 0.15) is 11.5 Å². The maximum Gasteiger partial charge on any atom is 0.317 e. The molecule has 1 aromatic carbocycles. The highest BCUT2D eigenvalue weighted by Crippen LogP contribution is 2.16. The number of hydrogen-bond donors (Lipinski definition) is 0. The summed E-state index contributed by atoms with van der Waals surface area (Å²) >= 11 is 0. The lowest BCUT2D eigenvalue weighted by atomic mass is 9.98. The van der Waals surface area contributed by atoms with Crippen LogP contribution in [0.4, 0.5) is 0 Å². The lowest BCUT2D eigenvalue weighted by Gasteiger charge is -2.21. The van der Waals surface area contributed by atoms with Crippen LogP contribution in [0.25, 0.3) is 0 Å². The van der Waals surface area contributed by atoms with Crippen LogP contribution in [0.2, 0.25) is 0 Å². The summed E-state index contributed by atoms with van der Waals surface area (Å²) in [5.74, 6) is -1.44. The number of ether oxygens (including phenoxy) is 1. The summed E-state index contributed by atoms with van der Waals surface area (Å²) in [6, 6.07) is 7.36. The van der Waals surface area contributed by atoms with Crippen LogP contribution in [0.15, 0.2) is 24.3 Å². The molecule has 0 saturated heterocycles. The van der Waals surface area contributed by atoms with E-state index in [0.717, 1.165) is 6.42 Å². The van der Waals surface area contributed by atoms with Gasteiger partial charge in [0.2, 0.25) is 0 Å². The van der Waals surface area contributed by atoms with Gasteiger partial charge in [0.05, 0.1) is 0 Å². The summed E-state index contributed by atoms with van der Waals surface area (Å²) in [6.45, 7) is 9.01. The van der Waals surface area contributed by atoms with E-state index in [4.69, 9.17) is 4.74 Å². The van der Waals surface area contributed by atoms with E-state index in [2.05, 4.69) is 6.92 Å². The summed E-state index contributed by atoms with van der Waals surface area (Å²) in [7, 11) is 0. The van der Waals surface area contributed by atoms with Crippen LogP contribution < -0.4 is 0 Å². The van der Waals surface area contributed by atoms with Crippen LogP contribution >= 0.6 is 0 Å². The summed E-state index contributed by atoms with van der Waals surface area (Å²) in [5, 5.41) is 0. The zero-order valence-electron chi connectivity index (χ0n) is 12.3. The first-order chi connectivity index (χ1) is 8.74. The van der Waals surface area contributed by atoms with Crippen molar-refractivity contribution in [2.45, 2.75) is 46.6 Å². The molecule has 0 aliphatic heterocycles. The molecule has 0 aliphatic carbocycles. The monoisotopic (exact) mass is 262 g/mol.